The van der Waals surface area contributed by atoms with Crippen molar-refractivity contribution in [1.82, 2.24) is 10.3 Å². The maximum absolute atomic E-state index is 12.2. The molecule has 1 amide bonds. The van der Waals surface area contributed by atoms with Gasteiger partial charge in [0.15, 0.2) is 0 Å². The van der Waals surface area contributed by atoms with Crippen molar-refractivity contribution in [3.05, 3.63) is 53.9 Å². The Kier molecular flexibility index (Phi) is 4.38. The van der Waals surface area contributed by atoms with E-state index in [1.54, 1.807) is 26.1 Å². The number of aliphatic hydroxyl groups is 1. The molecule has 0 bridgehead atoms. The van der Waals surface area contributed by atoms with Gasteiger partial charge in [-0.2, -0.15) is 0 Å². The molecule has 0 aliphatic heterocycles. The lowest BCUT2D eigenvalue weighted by Crippen LogP contribution is -2.46. The van der Waals surface area contributed by atoms with Gasteiger partial charge in [0.05, 0.1) is 17.7 Å². The number of aromatic nitrogens is 1. The van der Waals surface area contributed by atoms with Gasteiger partial charge in [-0.25, -0.2) is 0 Å². The summed E-state index contributed by atoms with van der Waals surface area (Å²) in [5.74, 6) is -0.240. The van der Waals surface area contributed by atoms with Crippen LogP contribution in [-0.4, -0.2) is 28.1 Å². The van der Waals surface area contributed by atoms with Crippen LogP contribution in [0.5, 0.6) is 0 Å². The summed E-state index contributed by atoms with van der Waals surface area (Å²) in [7, 11) is 0. The zero-order chi connectivity index (χ0) is 15.5. The number of rotatable bonds is 4. The molecule has 4 nitrogen and oxygen atoms in total. The van der Waals surface area contributed by atoms with Gasteiger partial charge in [0.2, 0.25) is 0 Å². The Morgan fingerprint density at radius 2 is 1.86 bits per heavy atom. The number of hydrogen-bond acceptors (Lipinski definition) is 3. The Balaban J connectivity index is 2.25. The Labute approximate surface area is 124 Å². The molecule has 1 aromatic heterocycles. The summed E-state index contributed by atoms with van der Waals surface area (Å²) in [5, 5.41) is 12.0. The molecule has 0 aliphatic carbocycles. The van der Waals surface area contributed by atoms with Crippen molar-refractivity contribution in [1.29, 1.82) is 0 Å². The predicted molar refractivity (Wildman–Crippen MR) is 83.0 cm³/mol. The number of aliphatic hydroxyl groups excluding tert-OH is 1. The quantitative estimate of drug-likeness (QED) is 0.907. The van der Waals surface area contributed by atoms with E-state index in [4.69, 9.17) is 0 Å². The summed E-state index contributed by atoms with van der Waals surface area (Å²) >= 11 is 0. The van der Waals surface area contributed by atoms with Gasteiger partial charge in [-0.05, 0) is 32.4 Å². The van der Waals surface area contributed by atoms with E-state index < -0.39 is 5.54 Å². The van der Waals surface area contributed by atoms with Crippen LogP contribution in [0.1, 0.15) is 29.8 Å². The van der Waals surface area contributed by atoms with E-state index in [9.17, 15) is 9.90 Å². The van der Waals surface area contributed by atoms with Crippen LogP contribution in [0, 0.1) is 6.92 Å². The molecule has 0 spiro atoms. The lowest BCUT2D eigenvalue weighted by Gasteiger charge is -2.23. The first-order valence-electron chi connectivity index (χ1n) is 6.87. The molecule has 4 heteroatoms. The number of nitrogens with zero attached hydrogens (tertiary/aromatic N) is 1. The molecule has 1 aromatic carbocycles. The first-order valence-corrected chi connectivity index (χ1v) is 6.87. The summed E-state index contributed by atoms with van der Waals surface area (Å²) in [6.45, 7) is 5.44. The number of carbonyl (C=O) groups is 1. The first-order chi connectivity index (χ1) is 9.91. The predicted octanol–water partition coefficient (Wildman–Crippen LogP) is 2.56. The monoisotopic (exact) mass is 284 g/mol. The number of hydrogen-bond donors (Lipinski definition) is 2. The highest BCUT2D eigenvalue weighted by Gasteiger charge is 2.20. The number of nitrogens with one attached hydrogen (secondary N) is 1. The average molecular weight is 284 g/mol. The molecule has 2 rings (SSSR count). The largest absolute Gasteiger partial charge is 0.394 e. The van der Waals surface area contributed by atoms with Crippen LogP contribution < -0.4 is 5.32 Å². The summed E-state index contributed by atoms with van der Waals surface area (Å²) in [6.07, 6.45) is 3.26. The molecule has 21 heavy (non-hydrogen) atoms. The third-order valence-electron chi connectivity index (χ3n) is 3.23. The van der Waals surface area contributed by atoms with Gasteiger partial charge >= 0.3 is 0 Å². The van der Waals surface area contributed by atoms with E-state index in [1.807, 2.05) is 31.2 Å². The number of carbonyl (C=O) groups excluding carboxylic acids is 1. The SMILES string of the molecule is Cc1ccc(-c2cncc(C(=O)NC(C)(C)CO)c2)cc1. The molecular formula is C17H20N2O2. The maximum Gasteiger partial charge on any atom is 0.253 e. The maximum atomic E-state index is 12.2. The highest BCUT2D eigenvalue weighted by molar-refractivity contribution is 5.95. The standard InChI is InChI=1S/C17H20N2O2/c1-12-4-6-13(7-5-12)14-8-15(10-18-9-14)16(21)19-17(2,3)11-20/h4-10,20H,11H2,1-3H3,(H,19,21). The smallest absolute Gasteiger partial charge is 0.253 e. The van der Waals surface area contributed by atoms with E-state index in [2.05, 4.69) is 10.3 Å². The van der Waals surface area contributed by atoms with Crippen molar-refractivity contribution in [3.8, 4) is 11.1 Å². The van der Waals surface area contributed by atoms with Gasteiger partial charge in [-0.1, -0.05) is 29.8 Å². The summed E-state index contributed by atoms with van der Waals surface area (Å²) in [5.41, 5.74) is 2.92. The molecule has 110 valence electrons. The zero-order valence-electron chi connectivity index (χ0n) is 12.6. The van der Waals surface area contributed by atoms with E-state index >= 15 is 0 Å². The van der Waals surface area contributed by atoms with Crippen LogP contribution >= 0.6 is 0 Å². The fourth-order valence-corrected chi connectivity index (χ4v) is 1.89. The second-order valence-electron chi connectivity index (χ2n) is 5.82. The van der Waals surface area contributed by atoms with Crippen LogP contribution in [0.4, 0.5) is 0 Å². The van der Waals surface area contributed by atoms with Crippen molar-refractivity contribution < 1.29 is 9.90 Å². The van der Waals surface area contributed by atoms with Crippen molar-refractivity contribution in [2.75, 3.05) is 6.61 Å². The molecule has 0 radical (unpaired) electrons. The van der Waals surface area contributed by atoms with Crippen molar-refractivity contribution in [2.24, 2.45) is 0 Å². The van der Waals surface area contributed by atoms with Crippen LogP contribution in [0.25, 0.3) is 11.1 Å². The molecular weight excluding hydrogens is 264 g/mol. The second kappa shape index (κ2) is 6.06. The summed E-state index contributed by atoms with van der Waals surface area (Å²) < 4.78 is 0. The summed E-state index contributed by atoms with van der Waals surface area (Å²) in [4.78, 5) is 16.3. The third-order valence-corrected chi connectivity index (χ3v) is 3.23. The van der Waals surface area contributed by atoms with Gasteiger partial charge in [0, 0.05) is 18.0 Å². The van der Waals surface area contributed by atoms with E-state index in [1.165, 1.54) is 11.8 Å². The van der Waals surface area contributed by atoms with Crippen LogP contribution in [0.15, 0.2) is 42.7 Å². The van der Waals surface area contributed by atoms with Crippen LogP contribution in [0.2, 0.25) is 0 Å². The van der Waals surface area contributed by atoms with Crippen LogP contribution in [-0.2, 0) is 0 Å². The fourth-order valence-electron chi connectivity index (χ4n) is 1.89. The molecule has 2 aromatic rings. The van der Waals surface area contributed by atoms with Crippen molar-refractivity contribution in [3.63, 3.8) is 0 Å². The molecule has 0 atom stereocenters. The highest BCUT2D eigenvalue weighted by Crippen LogP contribution is 2.20. The molecule has 0 saturated carbocycles. The number of benzene rings is 1. The van der Waals surface area contributed by atoms with E-state index in [0.717, 1.165) is 11.1 Å². The Hall–Kier alpha value is -2.20. The Morgan fingerprint density at radius 1 is 1.19 bits per heavy atom. The number of aryl methyl sites for hydroxylation is 1. The highest BCUT2D eigenvalue weighted by atomic mass is 16.3. The third kappa shape index (κ3) is 3.89. The van der Waals surface area contributed by atoms with Crippen molar-refractivity contribution >= 4 is 5.91 Å². The Bertz CT molecular complexity index is 633. The first kappa shape index (κ1) is 15.2. The van der Waals surface area contributed by atoms with Crippen LogP contribution in [0.3, 0.4) is 0 Å². The van der Waals surface area contributed by atoms with Gasteiger partial charge in [-0.15, -0.1) is 0 Å². The molecule has 0 fully saturated rings. The van der Waals surface area contributed by atoms with E-state index in [0.29, 0.717) is 5.56 Å². The molecule has 2 N–H and O–H groups in total. The molecule has 1 heterocycles. The van der Waals surface area contributed by atoms with E-state index in [-0.39, 0.29) is 12.5 Å². The second-order valence-corrected chi connectivity index (χ2v) is 5.82. The van der Waals surface area contributed by atoms with Gasteiger partial charge in [0.1, 0.15) is 0 Å². The minimum atomic E-state index is -0.656. The Morgan fingerprint density at radius 3 is 2.48 bits per heavy atom. The number of amides is 1. The molecule has 0 unspecified atom stereocenters. The van der Waals surface area contributed by atoms with Gasteiger partial charge < -0.3 is 10.4 Å². The normalized spacial score (nSPS) is 11.2. The van der Waals surface area contributed by atoms with Gasteiger partial charge in [0.25, 0.3) is 5.91 Å². The zero-order valence-corrected chi connectivity index (χ0v) is 12.6. The fraction of sp³-hybridized carbons (Fsp3) is 0.294. The number of pyridine rings is 1. The lowest BCUT2D eigenvalue weighted by molar-refractivity contribution is 0.0869. The topological polar surface area (TPSA) is 62.2 Å². The molecule has 0 saturated heterocycles. The minimum absolute atomic E-state index is 0.121. The van der Waals surface area contributed by atoms with Crippen molar-refractivity contribution in [2.45, 2.75) is 26.3 Å². The lowest BCUT2D eigenvalue weighted by atomic mass is 10.0. The summed E-state index contributed by atoms with van der Waals surface area (Å²) in [6, 6.07) is 9.87. The average Bonchev–Trinajstić information content (AvgIpc) is 2.48. The van der Waals surface area contributed by atoms with Gasteiger partial charge in [-0.3, -0.25) is 9.78 Å². The molecule has 0 aliphatic rings. The minimum Gasteiger partial charge on any atom is -0.394 e.